The number of carboxylic acids is 1. The molecule has 1 aromatic rings. The minimum Gasteiger partial charge on any atom is -0.481 e. The molecule has 0 aliphatic carbocycles. The van der Waals surface area contributed by atoms with Gasteiger partial charge in [0.05, 0.1) is 0 Å². The van der Waals surface area contributed by atoms with Gasteiger partial charge in [0.15, 0.2) is 0 Å². The number of aliphatic carboxylic acids is 1. The molecule has 0 spiro atoms. The first-order chi connectivity index (χ1) is 9.95. The van der Waals surface area contributed by atoms with Gasteiger partial charge in [-0.1, -0.05) is 0 Å². The fourth-order valence-electron chi connectivity index (χ4n) is 2.52. The molecule has 1 aromatic heterocycles. The maximum absolute atomic E-state index is 12.2. The maximum atomic E-state index is 12.2. The van der Waals surface area contributed by atoms with Gasteiger partial charge in [0, 0.05) is 31.8 Å². The van der Waals surface area contributed by atoms with Crippen molar-refractivity contribution in [1.29, 1.82) is 0 Å². The number of carbonyl (C=O) groups excluding carboxylic acids is 1. The van der Waals surface area contributed by atoms with Gasteiger partial charge in [-0.15, -0.1) is 0 Å². The molecule has 2 N–H and O–H groups in total. The molecule has 21 heavy (non-hydrogen) atoms. The highest BCUT2D eigenvalue weighted by Gasteiger charge is 2.25. The lowest BCUT2D eigenvalue weighted by Gasteiger charge is -2.32. The Hall–Kier alpha value is -2.38. The van der Waals surface area contributed by atoms with Gasteiger partial charge in [0.25, 0.3) is 5.56 Å². The van der Waals surface area contributed by atoms with Crippen molar-refractivity contribution >= 4 is 11.9 Å². The van der Waals surface area contributed by atoms with Gasteiger partial charge in [0.2, 0.25) is 5.91 Å². The number of carboxylic acid groups (broad SMARTS) is 1. The zero-order valence-electron chi connectivity index (χ0n) is 11.4. The van der Waals surface area contributed by atoms with E-state index in [0.717, 1.165) is 17.4 Å². The summed E-state index contributed by atoms with van der Waals surface area (Å²) < 4.78 is 1.13. The molecule has 1 aliphatic rings. The number of piperidine rings is 1. The molecule has 0 aromatic carbocycles. The SMILES string of the molecule is O=C(O)CC1CCCN(C(=O)Cn2ccc(=O)[nH]c2=O)C1. The van der Waals surface area contributed by atoms with Crippen LogP contribution in [0.5, 0.6) is 0 Å². The van der Waals surface area contributed by atoms with Gasteiger partial charge < -0.3 is 10.0 Å². The van der Waals surface area contributed by atoms with Crippen LogP contribution in [0, 0.1) is 5.92 Å². The molecule has 1 saturated heterocycles. The van der Waals surface area contributed by atoms with E-state index in [-0.39, 0.29) is 24.8 Å². The number of aromatic amines is 1. The second kappa shape index (κ2) is 6.38. The van der Waals surface area contributed by atoms with Crippen LogP contribution < -0.4 is 11.2 Å². The number of hydrogen-bond donors (Lipinski definition) is 2. The van der Waals surface area contributed by atoms with Crippen molar-refractivity contribution in [1.82, 2.24) is 14.5 Å². The molecular formula is C13H17N3O5. The highest BCUT2D eigenvalue weighted by molar-refractivity contribution is 5.76. The molecule has 0 bridgehead atoms. The van der Waals surface area contributed by atoms with Gasteiger partial charge in [-0.3, -0.25) is 23.9 Å². The average Bonchev–Trinajstić information content (AvgIpc) is 2.41. The number of amides is 1. The Labute approximate surface area is 120 Å². The Morgan fingerprint density at radius 3 is 2.81 bits per heavy atom. The van der Waals surface area contributed by atoms with Crippen LogP contribution in [0.2, 0.25) is 0 Å². The van der Waals surface area contributed by atoms with Crippen LogP contribution in [0.3, 0.4) is 0 Å². The second-order valence-electron chi connectivity index (χ2n) is 5.18. The van der Waals surface area contributed by atoms with Crippen LogP contribution in [-0.2, 0) is 16.1 Å². The molecule has 8 nitrogen and oxygen atoms in total. The lowest BCUT2D eigenvalue weighted by molar-refractivity contribution is -0.140. The van der Waals surface area contributed by atoms with Crippen molar-refractivity contribution in [2.75, 3.05) is 13.1 Å². The zero-order valence-corrected chi connectivity index (χ0v) is 11.4. The van der Waals surface area contributed by atoms with E-state index in [1.54, 1.807) is 4.90 Å². The highest BCUT2D eigenvalue weighted by Crippen LogP contribution is 2.19. The zero-order chi connectivity index (χ0) is 15.4. The third-order valence-electron chi connectivity index (χ3n) is 3.54. The molecular weight excluding hydrogens is 278 g/mol. The Morgan fingerprint density at radius 2 is 2.14 bits per heavy atom. The Kier molecular flexibility index (Phi) is 4.56. The number of nitrogens with one attached hydrogen (secondary N) is 1. The molecule has 1 unspecified atom stereocenters. The topological polar surface area (TPSA) is 112 Å². The fraction of sp³-hybridized carbons (Fsp3) is 0.538. The van der Waals surface area contributed by atoms with E-state index in [2.05, 4.69) is 4.98 Å². The summed E-state index contributed by atoms with van der Waals surface area (Å²) in [5.74, 6) is -1.17. The average molecular weight is 295 g/mol. The van der Waals surface area contributed by atoms with Crippen LogP contribution in [0.1, 0.15) is 19.3 Å². The first-order valence-electron chi connectivity index (χ1n) is 6.75. The predicted octanol–water partition coefficient (Wildman–Crippen LogP) is -0.750. The molecule has 8 heteroatoms. The third-order valence-corrected chi connectivity index (χ3v) is 3.54. The lowest BCUT2D eigenvalue weighted by Crippen LogP contribution is -2.43. The van der Waals surface area contributed by atoms with Gasteiger partial charge in [-0.05, 0) is 18.8 Å². The number of nitrogens with zero attached hydrogens (tertiary/aromatic N) is 2. The van der Waals surface area contributed by atoms with Crippen molar-refractivity contribution in [3.8, 4) is 0 Å². The Balaban J connectivity index is 2.01. The van der Waals surface area contributed by atoms with Crippen molar-refractivity contribution in [2.24, 2.45) is 5.92 Å². The maximum Gasteiger partial charge on any atom is 0.328 e. The largest absolute Gasteiger partial charge is 0.481 e. The number of likely N-dealkylation sites (tertiary alicyclic amines) is 1. The quantitative estimate of drug-likeness (QED) is 0.759. The van der Waals surface area contributed by atoms with Crippen LogP contribution in [0.4, 0.5) is 0 Å². The number of carbonyl (C=O) groups is 2. The van der Waals surface area contributed by atoms with Gasteiger partial charge in [-0.25, -0.2) is 4.79 Å². The minimum atomic E-state index is -0.869. The van der Waals surface area contributed by atoms with Crippen LogP contribution in [0.15, 0.2) is 21.9 Å². The lowest BCUT2D eigenvalue weighted by atomic mass is 9.95. The van der Waals surface area contributed by atoms with E-state index < -0.39 is 17.2 Å². The second-order valence-corrected chi connectivity index (χ2v) is 5.18. The van der Waals surface area contributed by atoms with E-state index in [1.807, 2.05) is 0 Å². The fourth-order valence-corrected chi connectivity index (χ4v) is 2.52. The first kappa shape index (κ1) is 15.0. The van der Waals surface area contributed by atoms with Crippen molar-refractivity contribution in [2.45, 2.75) is 25.8 Å². The number of aromatic nitrogens is 2. The molecule has 1 atom stereocenters. The summed E-state index contributed by atoms with van der Waals surface area (Å²) in [6.45, 7) is 0.797. The van der Waals surface area contributed by atoms with Gasteiger partial charge in [-0.2, -0.15) is 0 Å². The van der Waals surface area contributed by atoms with Crippen LogP contribution in [0.25, 0.3) is 0 Å². The summed E-state index contributed by atoms with van der Waals surface area (Å²) in [5.41, 5.74) is -1.14. The molecule has 2 rings (SSSR count). The highest BCUT2D eigenvalue weighted by atomic mass is 16.4. The summed E-state index contributed by atoms with van der Waals surface area (Å²) in [5, 5.41) is 8.81. The van der Waals surface area contributed by atoms with E-state index in [9.17, 15) is 19.2 Å². The first-order valence-corrected chi connectivity index (χ1v) is 6.75. The standard InChI is InChI=1S/C13H17N3O5/c17-10-3-5-16(13(21)14-10)8-11(18)15-4-1-2-9(7-15)6-12(19)20/h3,5,9H,1-2,4,6-8H2,(H,19,20)(H,14,17,21). The Bertz CT molecular complexity index is 648. The van der Waals surface area contributed by atoms with Crippen molar-refractivity contribution in [3.63, 3.8) is 0 Å². The molecule has 1 amide bonds. The van der Waals surface area contributed by atoms with Crippen molar-refractivity contribution < 1.29 is 14.7 Å². The minimum absolute atomic E-state index is 0.0440. The summed E-state index contributed by atoms with van der Waals surface area (Å²) in [6, 6.07) is 1.18. The van der Waals surface area contributed by atoms with Crippen molar-refractivity contribution in [3.05, 3.63) is 33.1 Å². The van der Waals surface area contributed by atoms with E-state index in [1.165, 1.54) is 12.3 Å². The molecule has 114 valence electrons. The summed E-state index contributed by atoms with van der Waals surface area (Å²) in [6.07, 6.45) is 2.86. The summed E-state index contributed by atoms with van der Waals surface area (Å²) in [7, 11) is 0. The van der Waals surface area contributed by atoms with Crippen LogP contribution >= 0.6 is 0 Å². The number of rotatable bonds is 4. The molecule has 1 fully saturated rings. The molecule has 1 aliphatic heterocycles. The van der Waals surface area contributed by atoms with E-state index in [0.29, 0.717) is 13.1 Å². The summed E-state index contributed by atoms with van der Waals surface area (Å²) >= 11 is 0. The Morgan fingerprint density at radius 1 is 1.38 bits per heavy atom. The van der Waals surface area contributed by atoms with Gasteiger partial charge in [0.1, 0.15) is 6.54 Å². The smallest absolute Gasteiger partial charge is 0.328 e. The number of hydrogen-bond acceptors (Lipinski definition) is 4. The third kappa shape index (κ3) is 4.04. The van der Waals surface area contributed by atoms with E-state index in [4.69, 9.17) is 5.11 Å². The number of H-pyrrole nitrogens is 1. The monoisotopic (exact) mass is 295 g/mol. The summed E-state index contributed by atoms with van der Waals surface area (Å²) in [4.78, 5) is 49.0. The molecule has 0 saturated carbocycles. The van der Waals surface area contributed by atoms with Gasteiger partial charge >= 0.3 is 11.7 Å². The molecule has 0 radical (unpaired) electrons. The van der Waals surface area contributed by atoms with E-state index >= 15 is 0 Å². The van der Waals surface area contributed by atoms with Crippen LogP contribution in [-0.4, -0.2) is 44.5 Å². The molecule has 2 heterocycles. The normalized spacial score (nSPS) is 18.5. The predicted molar refractivity (Wildman–Crippen MR) is 72.9 cm³/mol.